The van der Waals surface area contributed by atoms with Gasteiger partial charge in [-0.3, -0.25) is 9.78 Å². The van der Waals surface area contributed by atoms with Gasteiger partial charge in [0.1, 0.15) is 27.4 Å². The van der Waals surface area contributed by atoms with Crippen LogP contribution in [-0.4, -0.2) is 57.0 Å². The van der Waals surface area contributed by atoms with E-state index < -0.39 is 11.6 Å². The van der Waals surface area contributed by atoms with E-state index in [1.165, 1.54) is 40.1 Å². The van der Waals surface area contributed by atoms with Crippen LogP contribution >= 0.6 is 22.7 Å². The fourth-order valence-electron chi connectivity index (χ4n) is 6.24. The first-order valence-electron chi connectivity index (χ1n) is 16.6. The summed E-state index contributed by atoms with van der Waals surface area (Å²) < 4.78 is 33.1. The molecule has 2 aliphatic rings. The summed E-state index contributed by atoms with van der Waals surface area (Å²) in [6.07, 6.45) is 15.9. The third-order valence-corrected chi connectivity index (χ3v) is 10.9. The fraction of sp³-hybridized carbons (Fsp3) is 0.278. The average Bonchev–Trinajstić information content (AvgIpc) is 3.92. The van der Waals surface area contributed by atoms with Crippen molar-refractivity contribution in [3.05, 3.63) is 121 Å². The Kier molecular flexibility index (Phi) is 9.37. The number of aryl methyl sites for hydroxylation is 4. The first kappa shape index (κ1) is 32.9. The summed E-state index contributed by atoms with van der Waals surface area (Å²) >= 11 is 3.38. The third-order valence-electron chi connectivity index (χ3n) is 8.67. The second-order valence-electron chi connectivity index (χ2n) is 12.3. The summed E-state index contributed by atoms with van der Waals surface area (Å²) in [7, 11) is 1.67. The lowest BCUT2D eigenvalue weighted by atomic mass is 10.1. The largest absolute Gasteiger partial charge is 0.497 e. The number of fused-ring (bicyclic) bond motifs is 6. The molecule has 0 bridgehead atoms. The smallest absolute Gasteiger partial charge is 0.159 e. The molecule has 0 saturated heterocycles. The number of nitrogens with zero attached hydrogens (tertiary/aromatic N) is 9. The minimum atomic E-state index is -0.428. The molecule has 15 heteroatoms. The Bertz CT molecular complexity index is 2260. The molecule has 0 saturated carbocycles. The van der Waals surface area contributed by atoms with E-state index in [9.17, 15) is 8.78 Å². The SMILES string of the molecule is COc1ccc(Cn2cc3c(n2)CCCc2sc(Cc4ncc(F)cn4)nc2-3)cc1.Fc1cnc(Cc2nc3c(s2)CCCc2[nH]ncc2-3)nc1. The monoisotopic (exact) mass is 722 g/mol. The number of nitrogens with one attached hydrogen (secondary N) is 1. The molecule has 0 radical (unpaired) electrons. The van der Waals surface area contributed by atoms with Gasteiger partial charge in [-0.2, -0.15) is 10.2 Å². The van der Waals surface area contributed by atoms with E-state index in [0.717, 1.165) is 88.2 Å². The number of aromatic nitrogens is 10. The lowest BCUT2D eigenvalue weighted by molar-refractivity contribution is 0.414. The Labute approximate surface area is 299 Å². The zero-order valence-electron chi connectivity index (χ0n) is 27.6. The number of H-pyrrole nitrogens is 1. The summed E-state index contributed by atoms with van der Waals surface area (Å²) in [5.74, 6) is 1.17. The van der Waals surface area contributed by atoms with Gasteiger partial charge in [-0.05, 0) is 56.2 Å². The van der Waals surface area contributed by atoms with Crippen LogP contribution in [0.5, 0.6) is 5.75 Å². The van der Waals surface area contributed by atoms with E-state index in [1.54, 1.807) is 29.8 Å². The van der Waals surface area contributed by atoms with Gasteiger partial charge in [0.05, 0.1) is 74.6 Å². The van der Waals surface area contributed by atoms with E-state index in [-0.39, 0.29) is 0 Å². The van der Waals surface area contributed by atoms with Crippen LogP contribution in [0.2, 0.25) is 0 Å². The van der Waals surface area contributed by atoms with Crippen molar-refractivity contribution in [1.29, 1.82) is 0 Å². The molecule has 11 nitrogen and oxygen atoms in total. The first-order valence-corrected chi connectivity index (χ1v) is 18.2. The van der Waals surface area contributed by atoms with E-state index >= 15 is 0 Å². The maximum atomic E-state index is 13.1. The predicted octanol–water partition coefficient (Wildman–Crippen LogP) is 6.61. The van der Waals surface area contributed by atoms with Gasteiger partial charge in [-0.25, -0.2) is 38.7 Å². The predicted molar refractivity (Wildman–Crippen MR) is 189 cm³/mol. The minimum Gasteiger partial charge on any atom is -0.497 e. The van der Waals surface area contributed by atoms with Crippen molar-refractivity contribution in [2.24, 2.45) is 0 Å². The van der Waals surface area contributed by atoms with Crippen LogP contribution in [-0.2, 0) is 45.1 Å². The highest BCUT2D eigenvalue weighted by atomic mass is 32.1. The molecule has 0 amide bonds. The van der Waals surface area contributed by atoms with Crippen LogP contribution in [0.1, 0.15) is 61.2 Å². The molecule has 1 N–H and O–H groups in total. The van der Waals surface area contributed by atoms with E-state index in [4.69, 9.17) is 19.8 Å². The van der Waals surface area contributed by atoms with Crippen LogP contribution in [0.15, 0.2) is 61.4 Å². The van der Waals surface area contributed by atoms with Crippen molar-refractivity contribution < 1.29 is 13.5 Å². The van der Waals surface area contributed by atoms with Crippen LogP contribution in [0, 0.1) is 11.6 Å². The lowest BCUT2D eigenvalue weighted by Crippen LogP contribution is -2.01. The zero-order chi connectivity index (χ0) is 34.7. The van der Waals surface area contributed by atoms with E-state index in [0.29, 0.717) is 31.0 Å². The summed E-state index contributed by atoms with van der Waals surface area (Å²) in [5.41, 5.74) is 7.68. The van der Waals surface area contributed by atoms with Crippen molar-refractivity contribution in [1.82, 2.24) is 49.9 Å². The molecule has 7 aromatic rings. The molecule has 2 aliphatic carbocycles. The molecule has 258 valence electrons. The molecule has 0 spiro atoms. The number of hydrogen-bond donors (Lipinski definition) is 1. The van der Waals surface area contributed by atoms with Crippen LogP contribution in [0.25, 0.3) is 22.5 Å². The molecule has 0 fully saturated rings. The molecule has 51 heavy (non-hydrogen) atoms. The number of methoxy groups -OCH3 is 1. The molecule has 1 aromatic carbocycles. The van der Waals surface area contributed by atoms with Crippen LogP contribution in [0.3, 0.4) is 0 Å². The number of benzene rings is 1. The van der Waals surface area contributed by atoms with Crippen molar-refractivity contribution in [3.63, 3.8) is 0 Å². The van der Waals surface area contributed by atoms with Gasteiger partial charge in [0.2, 0.25) is 0 Å². The molecule has 0 unspecified atom stereocenters. The Morgan fingerprint density at radius 3 is 1.94 bits per heavy atom. The highest BCUT2D eigenvalue weighted by Crippen LogP contribution is 2.36. The van der Waals surface area contributed by atoms with Gasteiger partial charge in [-0.15, -0.1) is 22.7 Å². The zero-order valence-corrected chi connectivity index (χ0v) is 29.3. The molecule has 0 atom stereocenters. The second-order valence-corrected chi connectivity index (χ2v) is 14.6. The number of rotatable bonds is 7. The summed E-state index contributed by atoms with van der Waals surface area (Å²) in [5, 5.41) is 13.9. The summed E-state index contributed by atoms with van der Waals surface area (Å²) in [4.78, 5) is 28.3. The standard InChI is InChI=1S/C22H20FN5OS.C14H12FN5S/c1-29-16-7-5-14(6-8-16)12-28-13-17-18(27-28)3-2-4-19-22(17)26-21(30-19)9-20-24-10-15(23)11-25-20;15-8-5-16-12(17-6-8)4-13-19-14-9-7-18-20-10(9)2-1-3-11(14)21-13/h5-8,10-11,13H,2-4,9,12H2,1H3;5-7H,1-4H2,(H,18,20). The van der Waals surface area contributed by atoms with Crippen molar-refractivity contribution in [2.75, 3.05) is 7.11 Å². The first-order chi connectivity index (χ1) is 25.0. The highest BCUT2D eigenvalue weighted by molar-refractivity contribution is 7.12. The van der Waals surface area contributed by atoms with Crippen LogP contribution in [0.4, 0.5) is 8.78 Å². The number of hydrogen-bond acceptors (Lipinski definition) is 11. The van der Waals surface area contributed by atoms with Gasteiger partial charge < -0.3 is 4.74 Å². The number of ether oxygens (including phenoxy) is 1. The Morgan fingerprint density at radius 2 is 1.33 bits per heavy atom. The van der Waals surface area contributed by atoms with Crippen molar-refractivity contribution in [3.8, 4) is 28.3 Å². The normalized spacial score (nSPS) is 13.2. The van der Waals surface area contributed by atoms with Gasteiger partial charge in [-0.1, -0.05) is 12.1 Å². The molecular weight excluding hydrogens is 691 g/mol. The van der Waals surface area contributed by atoms with Gasteiger partial charge in [0, 0.05) is 32.8 Å². The second kappa shape index (κ2) is 14.5. The highest BCUT2D eigenvalue weighted by Gasteiger charge is 2.23. The average molecular weight is 723 g/mol. The van der Waals surface area contributed by atoms with E-state index in [2.05, 4.69) is 48.5 Å². The molecule has 6 heterocycles. The molecular formula is C36H32F2N10OS2. The molecule has 0 aliphatic heterocycles. The van der Waals surface area contributed by atoms with Gasteiger partial charge >= 0.3 is 0 Å². The maximum Gasteiger partial charge on any atom is 0.159 e. The minimum absolute atomic E-state index is 0.420. The number of halogens is 2. The van der Waals surface area contributed by atoms with Crippen LogP contribution < -0.4 is 4.74 Å². The van der Waals surface area contributed by atoms with Gasteiger partial charge in [0.25, 0.3) is 0 Å². The molecule has 6 aromatic heterocycles. The Balaban J connectivity index is 0.000000156. The van der Waals surface area contributed by atoms with Crippen molar-refractivity contribution >= 4 is 22.7 Å². The Morgan fingerprint density at radius 1 is 0.745 bits per heavy atom. The summed E-state index contributed by atoms with van der Waals surface area (Å²) in [6.45, 7) is 0.701. The lowest BCUT2D eigenvalue weighted by Gasteiger charge is -2.04. The fourth-order valence-corrected chi connectivity index (χ4v) is 8.48. The Hall–Kier alpha value is -5.28. The van der Waals surface area contributed by atoms with Gasteiger partial charge in [0.15, 0.2) is 11.6 Å². The topological polar surface area (TPSA) is 133 Å². The quantitative estimate of drug-likeness (QED) is 0.193. The number of aromatic amines is 1. The third kappa shape index (κ3) is 7.44. The summed E-state index contributed by atoms with van der Waals surface area (Å²) in [6, 6.07) is 8.04. The van der Waals surface area contributed by atoms with E-state index in [1.807, 2.05) is 23.0 Å². The maximum absolute atomic E-state index is 13.1. The number of thiazole rings is 2. The van der Waals surface area contributed by atoms with Crippen molar-refractivity contribution in [2.45, 2.75) is 57.9 Å². The molecule has 9 rings (SSSR count).